The van der Waals surface area contributed by atoms with Crippen LogP contribution in [0.3, 0.4) is 0 Å². The van der Waals surface area contributed by atoms with Gasteiger partial charge < -0.3 is 9.67 Å². The normalized spacial score (nSPS) is 10.3. The third-order valence-corrected chi connectivity index (χ3v) is 2.87. The Morgan fingerprint density at radius 2 is 2.28 bits per heavy atom. The van der Waals surface area contributed by atoms with Crippen LogP contribution in [0.1, 0.15) is 15.5 Å². The lowest BCUT2D eigenvalue weighted by atomic mass is 10.4. The smallest absolute Gasteiger partial charge is 0.323 e. The van der Waals surface area contributed by atoms with Gasteiger partial charge in [-0.05, 0) is 19.1 Å². The highest BCUT2D eigenvalue weighted by atomic mass is 32.1. The van der Waals surface area contributed by atoms with E-state index in [1.165, 1.54) is 22.1 Å². The molecule has 0 bridgehead atoms. The molecule has 7 nitrogen and oxygen atoms in total. The highest BCUT2D eigenvalue weighted by molar-refractivity contribution is 7.15. The minimum Gasteiger partial charge on any atom is -0.480 e. The summed E-state index contributed by atoms with van der Waals surface area (Å²) in [6.07, 6.45) is 1.54. The van der Waals surface area contributed by atoms with Crippen LogP contribution < -0.4 is 5.32 Å². The number of carboxylic acid groups (broad SMARTS) is 1. The van der Waals surface area contributed by atoms with Crippen molar-refractivity contribution in [1.82, 2.24) is 14.8 Å². The van der Waals surface area contributed by atoms with Crippen molar-refractivity contribution in [1.29, 1.82) is 0 Å². The number of aryl methyl sites for hydroxylation is 1. The average molecular weight is 266 g/mol. The lowest BCUT2D eigenvalue weighted by molar-refractivity contribution is -0.137. The third kappa shape index (κ3) is 2.72. The van der Waals surface area contributed by atoms with Crippen molar-refractivity contribution in [3.8, 4) is 0 Å². The standard InChI is InChI=1S/C10H10N4O3S/c1-6-12-13-10(18-6)11-9(17)7-3-2-4-14(7)5-8(15)16/h2-4H,5H2,1H3,(H,15,16)(H,11,13,17). The maximum atomic E-state index is 11.9. The molecule has 0 radical (unpaired) electrons. The number of rotatable bonds is 4. The second kappa shape index (κ2) is 4.96. The number of aromatic nitrogens is 3. The first-order valence-corrected chi connectivity index (χ1v) is 5.86. The molecule has 2 aromatic heterocycles. The first-order chi connectivity index (χ1) is 8.56. The molecule has 0 aliphatic carbocycles. The van der Waals surface area contributed by atoms with Gasteiger partial charge in [0.1, 0.15) is 17.2 Å². The Morgan fingerprint density at radius 3 is 2.89 bits per heavy atom. The van der Waals surface area contributed by atoms with Gasteiger partial charge in [0, 0.05) is 6.20 Å². The second-order valence-electron chi connectivity index (χ2n) is 3.50. The maximum Gasteiger partial charge on any atom is 0.323 e. The van der Waals surface area contributed by atoms with Crippen LogP contribution in [0.4, 0.5) is 5.13 Å². The van der Waals surface area contributed by atoms with E-state index in [2.05, 4.69) is 15.5 Å². The van der Waals surface area contributed by atoms with Crippen LogP contribution in [-0.4, -0.2) is 31.7 Å². The summed E-state index contributed by atoms with van der Waals surface area (Å²) in [6, 6.07) is 3.16. The predicted octanol–water partition coefficient (Wildman–Crippen LogP) is 0.985. The summed E-state index contributed by atoms with van der Waals surface area (Å²) in [6.45, 7) is 1.52. The predicted molar refractivity (Wildman–Crippen MR) is 64.7 cm³/mol. The van der Waals surface area contributed by atoms with Gasteiger partial charge in [-0.25, -0.2) is 0 Å². The molecule has 2 rings (SSSR count). The molecule has 94 valence electrons. The molecule has 8 heteroatoms. The van der Waals surface area contributed by atoms with Gasteiger partial charge in [0.25, 0.3) is 5.91 Å². The highest BCUT2D eigenvalue weighted by Crippen LogP contribution is 2.15. The van der Waals surface area contributed by atoms with Crippen molar-refractivity contribution < 1.29 is 14.7 Å². The zero-order valence-corrected chi connectivity index (χ0v) is 10.3. The van der Waals surface area contributed by atoms with Crippen molar-refractivity contribution in [3.63, 3.8) is 0 Å². The van der Waals surface area contributed by atoms with Crippen LogP contribution in [-0.2, 0) is 11.3 Å². The van der Waals surface area contributed by atoms with Crippen LogP contribution in [0.2, 0.25) is 0 Å². The summed E-state index contributed by atoms with van der Waals surface area (Å²) in [5.41, 5.74) is 0.269. The van der Waals surface area contributed by atoms with E-state index in [9.17, 15) is 9.59 Å². The van der Waals surface area contributed by atoms with Crippen molar-refractivity contribution >= 4 is 28.3 Å². The van der Waals surface area contributed by atoms with Gasteiger partial charge in [-0.1, -0.05) is 11.3 Å². The Hall–Kier alpha value is -2.22. The van der Waals surface area contributed by atoms with E-state index < -0.39 is 11.9 Å². The molecule has 1 amide bonds. The Bertz CT molecular complexity index is 589. The largest absolute Gasteiger partial charge is 0.480 e. The zero-order chi connectivity index (χ0) is 13.1. The molecular weight excluding hydrogens is 256 g/mol. The molecule has 0 unspecified atom stereocenters. The fourth-order valence-electron chi connectivity index (χ4n) is 1.41. The topological polar surface area (TPSA) is 97.1 Å². The molecular formula is C10H10N4O3S. The number of nitrogens with one attached hydrogen (secondary N) is 1. The molecule has 18 heavy (non-hydrogen) atoms. The Balaban J connectivity index is 2.14. The monoisotopic (exact) mass is 266 g/mol. The van der Waals surface area contributed by atoms with Crippen LogP contribution in [0.25, 0.3) is 0 Å². The molecule has 0 aliphatic rings. The highest BCUT2D eigenvalue weighted by Gasteiger charge is 2.14. The minimum atomic E-state index is -1.01. The average Bonchev–Trinajstić information content (AvgIpc) is 2.87. The van der Waals surface area contributed by atoms with Gasteiger partial charge in [-0.2, -0.15) is 0 Å². The fourth-order valence-corrected chi connectivity index (χ4v) is 2.00. The molecule has 0 atom stereocenters. The number of aliphatic carboxylic acids is 1. The van der Waals surface area contributed by atoms with Crippen molar-refractivity contribution in [3.05, 3.63) is 29.0 Å². The lowest BCUT2D eigenvalue weighted by Crippen LogP contribution is -2.19. The summed E-state index contributed by atoms with van der Waals surface area (Å²) in [7, 11) is 0. The molecule has 2 N–H and O–H groups in total. The molecule has 2 heterocycles. The first kappa shape index (κ1) is 12.2. The molecule has 0 aromatic carbocycles. The quantitative estimate of drug-likeness (QED) is 0.860. The third-order valence-electron chi connectivity index (χ3n) is 2.11. The maximum absolute atomic E-state index is 11.9. The van der Waals surface area contributed by atoms with Gasteiger partial charge >= 0.3 is 5.97 Å². The fraction of sp³-hybridized carbons (Fsp3) is 0.200. The summed E-state index contributed by atoms with van der Waals surface area (Å²) in [5, 5.41) is 20.0. The van der Waals surface area contributed by atoms with E-state index in [1.807, 2.05) is 0 Å². The number of carbonyl (C=O) groups is 2. The molecule has 0 saturated heterocycles. The number of carboxylic acids is 1. The lowest BCUT2D eigenvalue weighted by Gasteiger charge is -2.05. The summed E-state index contributed by atoms with van der Waals surface area (Å²) in [4.78, 5) is 22.5. The summed E-state index contributed by atoms with van der Waals surface area (Å²) < 4.78 is 1.35. The van der Waals surface area contributed by atoms with Crippen LogP contribution in [0, 0.1) is 6.92 Å². The summed E-state index contributed by atoms with van der Waals surface area (Å²) >= 11 is 1.25. The van der Waals surface area contributed by atoms with Gasteiger partial charge in [0.15, 0.2) is 0 Å². The van der Waals surface area contributed by atoms with E-state index in [4.69, 9.17) is 5.11 Å². The van der Waals surface area contributed by atoms with E-state index in [1.54, 1.807) is 19.1 Å². The number of hydrogen-bond donors (Lipinski definition) is 2. The minimum absolute atomic E-state index is 0.259. The molecule has 2 aromatic rings. The molecule has 0 saturated carbocycles. The Kier molecular flexibility index (Phi) is 3.38. The van der Waals surface area contributed by atoms with Crippen LogP contribution in [0.5, 0.6) is 0 Å². The van der Waals surface area contributed by atoms with E-state index in [0.717, 1.165) is 5.01 Å². The van der Waals surface area contributed by atoms with E-state index in [-0.39, 0.29) is 12.2 Å². The second-order valence-corrected chi connectivity index (χ2v) is 4.68. The van der Waals surface area contributed by atoms with Crippen molar-refractivity contribution in [2.75, 3.05) is 5.32 Å². The van der Waals surface area contributed by atoms with Crippen LogP contribution >= 0.6 is 11.3 Å². The van der Waals surface area contributed by atoms with Gasteiger partial charge in [-0.15, -0.1) is 10.2 Å². The zero-order valence-electron chi connectivity index (χ0n) is 9.45. The number of amides is 1. The SMILES string of the molecule is Cc1nnc(NC(=O)c2cccn2CC(=O)O)s1. The Morgan fingerprint density at radius 1 is 1.50 bits per heavy atom. The van der Waals surface area contributed by atoms with Gasteiger partial charge in [0.05, 0.1) is 0 Å². The van der Waals surface area contributed by atoms with Crippen LogP contribution in [0.15, 0.2) is 18.3 Å². The molecule has 0 aliphatic heterocycles. The van der Waals surface area contributed by atoms with Gasteiger partial charge in [0.2, 0.25) is 5.13 Å². The number of carbonyl (C=O) groups excluding carboxylic acids is 1. The Labute approximate surface area is 106 Å². The number of hydrogen-bond acceptors (Lipinski definition) is 5. The number of nitrogens with zero attached hydrogens (tertiary/aromatic N) is 3. The number of anilines is 1. The van der Waals surface area contributed by atoms with Crippen molar-refractivity contribution in [2.45, 2.75) is 13.5 Å². The summed E-state index contributed by atoms with van der Waals surface area (Å²) in [5.74, 6) is -1.41. The first-order valence-electron chi connectivity index (χ1n) is 5.04. The molecule has 0 spiro atoms. The molecule has 0 fully saturated rings. The van der Waals surface area contributed by atoms with E-state index in [0.29, 0.717) is 5.13 Å². The van der Waals surface area contributed by atoms with E-state index >= 15 is 0 Å². The van der Waals surface area contributed by atoms with Gasteiger partial charge in [-0.3, -0.25) is 14.9 Å². The van der Waals surface area contributed by atoms with Crippen molar-refractivity contribution in [2.24, 2.45) is 0 Å².